The van der Waals surface area contributed by atoms with Gasteiger partial charge in [-0.1, -0.05) is 12.1 Å². The Morgan fingerprint density at radius 1 is 1.29 bits per heavy atom. The first-order chi connectivity index (χ1) is 10.0. The standard InChI is InChI=1S/C16H24N2O2S/c1-5-20-14-8-6-13(7-9-14)16-18(11-10-17(3)4)15(19)12(2)21-16/h6-9,12,16H,5,10-11H2,1-4H3. The summed E-state index contributed by atoms with van der Waals surface area (Å²) in [4.78, 5) is 16.4. The van der Waals surface area contributed by atoms with E-state index in [0.717, 1.165) is 18.8 Å². The van der Waals surface area contributed by atoms with Crippen LogP contribution < -0.4 is 4.74 Å². The minimum absolute atomic E-state index is 0.0312. The molecule has 0 radical (unpaired) electrons. The van der Waals surface area contributed by atoms with Crippen molar-refractivity contribution in [2.45, 2.75) is 24.5 Å². The second kappa shape index (κ2) is 7.18. The highest BCUT2D eigenvalue weighted by Gasteiger charge is 2.38. The van der Waals surface area contributed by atoms with Crippen molar-refractivity contribution < 1.29 is 9.53 Å². The van der Waals surface area contributed by atoms with Crippen LogP contribution in [0.5, 0.6) is 5.75 Å². The molecule has 1 aliphatic heterocycles. The van der Waals surface area contributed by atoms with E-state index < -0.39 is 0 Å². The summed E-state index contributed by atoms with van der Waals surface area (Å²) in [6.07, 6.45) is 0. The van der Waals surface area contributed by atoms with Gasteiger partial charge in [-0.15, -0.1) is 11.8 Å². The fourth-order valence-corrected chi connectivity index (χ4v) is 3.67. The predicted octanol–water partition coefficient (Wildman–Crippen LogP) is 2.61. The molecule has 1 aliphatic rings. The Kier molecular flexibility index (Phi) is 5.53. The van der Waals surface area contributed by atoms with Crippen LogP contribution in [0.3, 0.4) is 0 Å². The third-order valence-corrected chi connectivity index (χ3v) is 4.91. The van der Waals surface area contributed by atoms with E-state index in [-0.39, 0.29) is 16.5 Å². The molecule has 1 heterocycles. The molecule has 21 heavy (non-hydrogen) atoms. The van der Waals surface area contributed by atoms with Crippen molar-refractivity contribution in [2.24, 2.45) is 0 Å². The molecule has 0 spiro atoms. The highest BCUT2D eigenvalue weighted by Crippen LogP contribution is 2.42. The molecule has 0 saturated carbocycles. The Morgan fingerprint density at radius 2 is 1.95 bits per heavy atom. The molecular weight excluding hydrogens is 284 g/mol. The van der Waals surface area contributed by atoms with Gasteiger partial charge in [-0.3, -0.25) is 4.79 Å². The Balaban J connectivity index is 2.13. The summed E-state index contributed by atoms with van der Waals surface area (Å²) in [6.45, 7) is 6.28. The van der Waals surface area contributed by atoms with E-state index in [1.165, 1.54) is 5.56 Å². The lowest BCUT2D eigenvalue weighted by Crippen LogP contribution is -2.36. The maximum absolute atomic E-state index is 12.3. The molecule has 1 aromatic carbocycles. The molecule has 1 fully saturated rings. The van der Waals surface area contributed by atoms with Crippen LogP contribution in [0.4, 0.5) is 0 Å². The lowest BCUT2D eigenvalue weighted by atomic mass is 10.2. The molecule has 1 amide bonds. The molecule has 1 saturated heterocycles. The first kappa shape index (κ1) is 16.2. The van der Waals surface area contributed by atoms with Crippen molar-refractivity contribution in [2.75, 3.05) is 33.8 Å². The Morgan fingerprint density at radius 3 is 2.52 bits per heavy atom. The van der Waals surface area contributed by atoms with Gasteiger partial charge in [-0.2, -0.15) is 0 Å². The van der Waals surface area contributed by atoms with Gasteiger partial charge in [-0.25, -0.2) is 0 Å². The molecular formula is C16H24N2O2S. The van der Waals surface area contributed by atoms with E-state index in [1.807, 2.05) is 45.0 Å². The van der Waals surface area contributed by atoms with E-state index in [9.17, 15) is 4.79 Å². The van der Waals surface area contributed by atoms with Gasteiger partial charge >= 0.3 is 0 Å². The molecule has 1 aromatic rings. The van der Waals surface area contributed by atoms with Crippen LogP contribution in [0.15, 0.2) is 24.3 Å². The van der Waals surface area contributed by atoms with Crippen molar-refractivity contribution in [3.63, 3.8) is 0 Å². The largest absolute Gasteiger partial charge is 0.494 e. The monoisotopic (exact) mass is 308 g/mol. The van der Waals surface area contributed by atoms with Gasteiger partial charge in [0.05, 0.1) is 11.9 Å². The summed E-state index contributed by atoms with van der Waals surface area (Å²) in [5.74, 6) is 1.11. The summed E-state index contributed by atoms with van der Waals surface area (Å²) in [6, 6.07) is 8.10. The van der Waals surface area contributed by atoms with Crippen LogP contribution in [-0.2, 0) is 4.79 Å². The topological polar surface area (TPSA) is 32.8 Å². The van der Waals surface area contributed by atoms with Crippen LogP contribution in [0.25, 0.3) is 0 Å². The maximum atomic E-state index is 12.3. The van der Waals surface area contributed by atoms with E-state index in [2.05, 4.69) is 17.0 Å². The average Bonchev–Trinajstić information content (AvgIpc) is 2.74. The number of rotatable bonds is 6. The van der Waals surface area contributed by atoms with Crippen LogP contribution in [0.2, 0.25) is 0 Å². The summed E-state index contributed by atoms with van der Waals surface area (Å²) in [7, 11) is 4.06. The zero-order valence-electron chi connectivity index (χ0n) is 13.2. The van der Waals surface area contributed by atoms with Crippen LogP contribution in [0, 0.1) is 0 Å². The summed E-state index contributed by atoms with van der Waals surface area (Å²) < 4.78 is 5.48. The van der Waals surface area contributed by atoms with E-state index >= 15 is 0 Å². The van der Waals surface area contributed by atoms with E-state index in [1.54, 1.807) is 11.8 Å². The van der Waals surface area contributed by atoms with Gasteiger partial charge in [0.25, 0.3) is 0 Å². The molecule has 116 valence electrons. The molecule has 2 unspecified atom stereocenters. The number of benzene rings is 1. The summed E-state index contributed by atoms with van der Waals surface area (Å²) in [5, 5.41) is 0.145. The second-order valence-electron chi connectivity index (χ2n) is 5.47. The predicted molar refractivity (Wildman–Crippen MR) is 87.7 cm³/mol. The third-order valence-electron chi connectivity index (χ3n) is 3.51. The van der Waals surface area contributed by atoms with Crippen LogP contribution >= 0.6 is 11.8 Å². The van der Waals surface area contributed by atoms with Crippen LogP contribution in [-0.4, -0.2) is 54.7 Å². The van der Waals surface area contributed by atoms with E-state index in [4.69, 9.17) is 4.74 Å². The molecule has 5 heteroatoms. The molecule has 0 N–H and O–H groups in total. The second-order valence-corrected chi connectivity index (χ2v) is 6.89. The van der Waals surface area contributed by atoms with Gasteiger partial charge in [0, 0.05) is 13.1 Å². The molecule has 0 aromatic heterocycles. The minimum Gasteiger partial charge on any atom is -0.494 e. The van der Waals surface area contributed by atoms with Crippen molar-refractivity contribution in [3.8, 4) is 5.75 Å². The van der Waals surface area contributed by atoms with Crippen molar-refractivity contribution in [3.05, 3.63) is 29.8 Å². The van der Waals surface area contributed by atoms with Crippen molar-refractivity contribution in [1.29, 1.82) is 0 Å². The first-order valence-electron chi connectivity index (χ1n) is 7.36. The van der Waals surface area contributed by atoms with Crippen molar-refractivity contribution in [1.82, 2.24) is 9.80 Å². The lowest BCUT2D eigenvalue weighted by Gasteiger charge is -2.25. The fourth-order valence-electron chi connectivity index (χ4n) is 2.36. The molecule has 4 nitrogen and oxygen atoms in total. The lowest BCUT2D eigenvalue weighted by molar-refractivity contribution is -0.129. The summed E-state index contributed by atoms with van der Waals surface area (Å²) in [5.41, 5.74) is 1.17. The summed E-state index contributed by atoms with van der Waals surface area (Å²) >= 11 is 1.72. The SMILES string of the molecule is CCOc1ccc(C2SC(C)C(=O)N2CCN(C)C)cc1. The molecule has 2 atom stereocenters. The van der Waals surface area contributed by atoms with Gasteiger partial charge in [0.2, 0.25) is 5.91 Å². The highest BCUT2D eigenvalue weighted by atomic mass is 32.2. The fraction of sp³-hybridized carbons (Fsp3) is 0.562. The molecule has 0 aliphatic carbocycles. The number of carbonyl (C=O) groups is 1. The number of likely N-dealkylation sites (N-methyl/N-ethyl adjacent to an activating group) is 1. The zero-order chi connectivity index (χ0) is 15.4. The average molecular weight is 308 g/mol. The van der Waals surface area contributed by atoms with E-state index in [0.29, 0.717) is 6.61 Å². The highest BCUT2D eigenvalue weighted by molar-refractivity contribution is 8.01. The Labute approximate surface area is 131 Å². The zero-order valence-corrected chi connectivity index (χ0v) is 14.0. The number of thioether (sulfide) groups is 1. The number of hydrogen-bond donors (Lipinski definition) is 0. The number of ether oxygens (including phenoxy) is 1. The smallest absolute Gasteiger partial charge is 0.236 e. The first-order valence-corrected chi connectivity index (χ1v) is 8.30. The van der Waals surface area contributed by atoms with Gasteiger partial charge in [0.15, 0.2) is 0 Å². The number of amides is 1. The molecule has 0 bridgehead atoms. The third kappa shape index (κ3) is 3.92. The maximum Gasteiger partial charge on any atom is 0.236 e. The molecule has 2 rings (SSSR count). The van der Waals surface area contributed by atoms with Gasteiger partial charge in [0.1, 0.15) is 11.1 Å². The Hall–Kier alpha value is -1.20. The number of carbonyl (C=O) groups excluding carboxylic acids is 1. The van der Waals surface area contributed by atoms with Crippen LogP contribution in [0.1, 0.15) is 24.8 Å². The quantitative estimate of drug-likeness (QED) is 0.809. The van der Waals surface area contributed by atoms with Gasteiger partial charge < -0.3 is 14.5 Å². The number of nitrogens with zero attached hydrogens (tertiary/aromatic N) is 2. The van der Waals surface area contributed by atoms with Gasteiger partial charge in [-0.05, 0) is 45.6 Å². The Bertz CT molecular complexity index is 476. The minimum atomic E-state index is 0.0312. The number of hydrogen-bond acceptors (Lipinski definition) is 4. The van der Waals surface area contributed by atoms with Crippen molar-refractivity contribution >= 4 is 17.7 Å². The normalized spacial score (nSPS) is 22.1.